The quantitative estimate of drug-likeness (QED) is 0.330. The van der Waals surface area contributed by atoms with E-state index in [1.807, 2.05) is 12.1 Å². The standard InChI is InChI=1S/C30H31F3N2O4/c1-3-16-35-17-15-28(24-5-4-6-26(37)18-24)19-25(13-14-29(28,20-35)39-21(2)36)34-27(38)12-9-22-7-10-23(11-8-22)30(31,32)33/h3-8,10-11,18,25,37H,1,13-17,19-20H2,2H3,(H,34,38)/t25-,28-,29-/m0/s1. The van der Waals surface area contributed by atoms with Gasteiger partial charge < -0.3 is 15.2 Å². The van der Waals surface area contributed by atoms with Crippen molar-refractivity contribution < 1.29 is 32.6 Å². The van der Waals surface area contributed by atoms with Gasteiger partial charge in [0, 0.05) is 43.0 Å². The molecular weight excluding hydrogens is 509 g/mol. The predicted octanol–water partition coefficient (Wildman–Crippen LogP) is 4.56. The van der Waals surface area contributed by atoms with Crippen LogP contribution in [0.3, 0.4) is 0 Å². The van der Waals surface area contributed by atoms with Crippen molar-refractivity contribution in [3.05, 3.63) is 77.9 Å². The van der Waals surface area contributed by atoms with Crippen molar-refractivity contribution in [2.45, 2.75) is 55.8 Å². The molecule has 1 saturated carbocycles. The number of nitrogens with zero attached hydrogens (tertiary/aromatic N) is 1. The molecule has 1 saturated heterocycles. The summed E-state index contributed by atoms with van der Waals surface area (Å²) in [6, 6.07) is 11.0. The minimum atomic E-state index is -4.45. The highest BCUT2D eigenvalue weighted by Gasteiger charge is 2.60. The van der Waals surface area contributed by atoms with Crippen LogP contribution in [0, 0.1) is 11.8 Å². The molecule has 1 amide bonds. The number of hydrogen-bond donors (Lipinski definition) is 2. The first-order valence-corrected chi connectivity index (χ1v) is 12.8. The summed E-state index contributed by atoms with van der Waals surface area (Å²) >= 11 is 0. The average Bonchev–Trinajstić information content (AvgIpc) is 2.87. The molecule has 1 heterocycles. The largest absolute Gasteiger partial charge is 0.508 e. The van der Waals surface area contributed by atoms with Crippen LogP contribution in [-0.4, -0.2) is 53.2 Å². The number of rotatable bonds is 5. The van der Waals surface area contributed by atoms with Crippen LogP contribution in [0.2, 0.25) is 0 Å². The lowest BCUT2D eigenvalue weighted by atomic mass is 9.55. The highest BCUT2D eigenvalue weighted by atomic mass is 19.4. The summed E-state index contributed by atoms with van der Waals surface area (Å²) in [6.45, 7) is 7.06. The number of fused-ring (bicyclic) bond motifs is 1. The number of halogens is 3. The van der Waals surface area contributed by atoms with Crippen molar-refractivity contribution >= 4 is 11.9 Å². The lowest BCUT2D eigenvalue weighted by Gasteiger charge is -2.59. The SMILES string of the molecule is C=CCN1CC[C@@]2(c3cccc(O)c3)C[C@@H](NC(=O)C#Cc3ccc(C(F)(F)F)cc3)CC[C@]2(OC(C)=O)C1. The van der Waals surface area contributed by atoms with E-state index >= 15 is 0 Å². The maximum absolute atomic E-state index is 12.8. The van der Waals surface area contributed by atoms with Gasteiger partial charge in [-0.1, -0.05) is 24.1 Å². The maximum Gasteiger partial charge on any atom is 0.416 e. The van der Waals surface area contributed by atoms with Crippen LogP contribution in [0.25, 0.3) is 0 Å². The van der Waals surface area contributed by atoms with Crippen molar-refractivity contribution in [1.29, 1.82) is 0 Å². The molecule has 0 unspecified atom stereocenters. The third kappa shape index (κ3) is 6.12. The van der Waals surface area contributed by atoms with Crippen molar-refractivity contribution in [3.8, 4) is 17.6 Å². The monoisotopic (exact) mass is 540 g/mol. The normalized spacial score (nSPS) is 25.0. The summed E-state index contributed by atoms with van der Waals surface area (Å²) in [5.41, 5.74) is -1.21. The molecule has 4 rings (SSSR count). The van der Waals surface area contributed by atoms with Crippen LogP contribution in [-0.2, 0) is 25.9 Å². The average molecular weight is 541 g/mol. The van der Waals surface area contributed by atoms with E-state index in [-0.39, 0.29) is 11.8 Å². The summed E-state index contributed by atoms with van der Waals surface area (Å²) in [6.07, 6.45) is -0.542. The number of alkyl halides is 3. The third-order valence-corrected chi connectivity index (χ3v) is 7.69. The van der Waals surface area contributed by atoms with Gasteiger partial charge >= 0.3 is 12.1 Å². The molecule has 0 aromatic heterocycles. The van der Waals surface area contributed by atoms with E-state index in [2.05, 4.69) is 28.6 Å². The molecule has 206 valence electrons. The second-order valence-corrected chi connectivity index (χ2v) is 10.2. The fourth-order valence-corrected chi connectivity index (χ4v) is 6.04. The van der Waals surface area contributed by atoms with Crippen LogP contribution in [0.1, 0.15) is 49.3 Å². The number of phenols is 1. The van der Waals surface area contributed by atoms with Gasteiger partial charge in [0.15, 0.2) is 0 Å². The van der Waals surface area contributed by atoms with E-state index in [9.17, 15) is 27.9 Å². The van der Waals surface area contributed by atoms with Gasteiger partial charge in [-0.2, -0.15) is 13.2 Å². The number of amides is 1. The van der Waals surface area contributed by atoms with Crippen LogP contribution in [0.15, 0.2) is 61.2 Å². The predicted molar refractivity (Wildman–Crippen MR) is 140 cm³/mol. The van der Waals surface area contributed by atoms with Gasteiger partial charge in [0.2, 0.25) is 0 Å². The van der Waals surface area contributed by atoms with Gasteiger partial charge in [0.05, 0.1) is 5.56 Å². The fraction of sp³-hybridized carbons (Fsp3) is 0.400. The summed E-state index contributed by atoms with van der Waals surface area (Å²) in [5, 5.41) is 13.3. The zero-order valence-electron chi connectivity index (χ0n) is 21.7. The Morgan fingerprint density at radius 2 is 1.97 bits per heavy atom. The third-order valence-electron chi connectivity index (χ3n) is 7.69. The molecule has 0 bridgehead atoms. The van der Waals surface area contributed by atoms with Crippen molar-refractivity contribution in [1.82, 2.24) is 10.2 Å². The summed E-state index contributed by atoms with van der Waals surface area (Å²) in [4.78, 5) is 27.3. The van der Waals surface area contributed by atoms with Gasteiger partial charge in [-0.15, -0.1) is 6.58 Å². The Labute approximate surface area is 225 Å². The first-order valence-electron chi connectivity index (χ1n) is 12.8. The molecule has 3 atom stereocenters. The number of piperidine rings is 1. The smallest absolute Gasteiger partial charge is 0.416 e. The number of carbonyl (C=O) groups excluding carboxylic acids is 2. The number of ether oxygens (including phenoxy) is 1. The number of carbonyl (C=O) groups is 2. The minimum Gasteiger partial charge on any atom is -0.508 e. The molecule has 2 fully saturated rings. The Hall–Kier alpha value is -3.77. The Balaban J connectivity index is 1.60. The molecule has 9 heteroatoms. The zero-order valence-corrected chi connectivity index (χ0v) is 21.7. The minimum absolute atomic E-state index is 0.0979. The Kier molecular flexibility index (Phi) is 8.07. The molecule has 2 aliphatic rings. The summed E-state index contributed by atoms with van der Waals surface area (Å²) in [7, 11) is 0. The van der Waals surface area contributed by atoms with Crippen LogP contribution in [0.4, 0.5) is 13.2 Å². The number of hydrogen-bond acceptors (Lipinski definition) is 5. The zero-order chi connectivity index (χ0) is 28.3. The molecule has 1 aliphatic heterocycles. The highest BCUT2D eigenvalue weighted by Crippen LogP contribution is 2.54. The highest BCUT2D eigenvalue weighted by molar-refractivity contribution is 5.94. The van der Waals surface area contributed by atoms with E-state index in [4.69, 9.17) is 4.74 Å². The van der Waals surface area contributed by atoms with E-state index in [1.54, 1.807) is 18.2 Å². The van der Waals surface area contributed by atoms with Gasteiger partial charge in [0.1, 0.15) is 11.4 Å². The van der Waals surface area contributed by atoms with E-state index in [1.165, 1.54) is 19.1 Å². The van der Waals surface area contributed by atoms with Crippen LogP contribution >= 0.6 is 0 Å². The van der Waals surface area contributed by atoms with E-state index in [0.717, 1.165) is 17.7 Å². The van der Waals surface area contributed by atoms with Gasteiger partial charge in [0.25, 0.3) is 5.91 Å². The summed E-state index contributed by atoms with van der Waals surface area (Å²) < 4.78 is 44.5. The topological polar surface area (TPSA) is 78.9 Å². The van der Waals surface area contributed by atoms with Crippen molar-refractivity contribution in [3.63, 3.8) is 0 Å². The lowest BCUT2D eigenvalue weighted by Crippen LogP contribution is -2.68. The Morgan fingerprint density at radius 3 is 2.62 bits per heavy atom. The molecule has 2 N–H and O–H groups in total. The Bertz CT molecular complexity index is 1300. The molecule has 2 aromatic carbocycles. The lowest BCUT2D eigenvalue weighted by molar-refractivity contribution is -0.186. The molecular formula is C30H31F3N2O4. The van der Waals surface area contributed by atoms with Crippen LogP contribution < -0.4 is 5.32 Å². The number of phenolic OH excluding ortho intramolecular Hbond substituents is 1. The first kappa shape index (κ1) is 28.2. The van der Waals surface area contributed by atoms with Crippen molar-refractivity contribution in [2.75, 3.05) is 19.6 Å². The molecule has 0 spiro atoms. The number of aromatic hydroxyl groups is 1. The summed E-state index contributed by atoms with van der Waals surface area (Å²) in [5.74, 6) is 4.25. The van der Waals surface area contributed by atoms with Crippen molar-refractivity contribution in [2.24, 2.45) is 0 Å². The van der Waals surface area contributed by atoms with Gasteiger partial charge in [-0.3, -0.25) is 14.5 Å². The second-order valence-electron chi connectivity index (χ2n) is 10.2. The molecule has 2 aromatic rings. The number of esters is 1. The number of likely N-dealkylation sites (tertiary alicyclic amines) is 1. The Morgan fingerprint density at radius 1 is 1.23 bits per heavy atom. The van der Waals surface area contributed by atoms with Crippen LogP contribution in [0.5, 0.6) is 5.75 Å². The molecule has 1 aliphatic carbocycles. The fourth-order valence-electron chi connectivity index (χ4n) is 6.04. The maximum atomic E-state index is 12.8. The molecule has 39 heavy (non-hydrogen) atoms. The second kappa shape index (κ2) is 11.1. The van der Waals surface area contributed by atoms with E-state index in [0.29, 0.717) is 50.9 Å². The van der Waals surface area contributed by atoms with Gasteiger partial charge in [-0.25, -0.2) is 0 Å². The number of nitrogens with one attached hydrogen (secondary N) is 1. The molecule has 6 nitrogen and oxygen atoms in total. The first-order chi connectivity index (χ1) is 18.5. The van der Waals surface area contributed by atoms with E-state index < -0.39 is 34.6 Å². The van der Waals surface area contributed by atoms with Gasteiger partial charge in [-0.05, 0) is 74.2 Å². The molecule has 0 radical (unpaired) electrons. The number of benzene rings is 2.